The van der Waals surface area contributed by atoms with Gasteiger partial charge in [-0.3, -0.25) is 4.79 Å². The minimum atomic E-state index is -0.258. The highest BCUT2D eigenvalue weighted by Crippen LogP contribution is 2.26. The minimum absolute atomic E-state index is 0.251. The first-order valence-corrected chi connectivity index (χ1v) is 7.55. The third-order valence-electron chi connectivity index (χ3n) is 3.99. The molecule has 4 rings (SSSR count). The lowest BCUT2D eigenvalue weighted by Crippen LogP contribution is -2.11. The smallest absolute Gasteiger partial charge is 0.315 e. The number of ether oxygens (including phenoxy) is 1. The standard InChI is InChI=1S/C20H15NO2/c22-20(23-19-13-21-18-11-4-3-10-17(18)19)12-15-8-5-7-14-6-1-2-9-16(14)15/h1-11,13,21H,12H2. The first kappa shape index (κ1) is 13.6. The Morgan fingerprint density at radius 1 is 0.870 bits per heavy atom. The number of aromatic amines is 1. The number of para-hydroxylation sites is 1. The summed E-state index contributed by atoms with van der Waals surface area (Å²) in [6, 6.07) is 21.8. The number of benzene rings is 3. The number of H-pyrrole nitrogens is 1. The normalized spacial score (nSPS) is 11.0. The Labute approximate surface area is 133 Å². The molecular formula is C20H15NO2. The van der Waals surface area contributed by atoms with Crippen molar-refractivity contribution in [2.24, 2.45) is 0 Å². The number of fused-ring (bicyclic) bond motifs is 2. The van der Waals surface area contributed by atoms with Gasteiger partial charge in [-0.2, -0.15) is 0 Å². The molecule has 0 radical (unpaired) electrons. The summed E-state index contributed by atoms with van der Waals surface area (Å²) in [6.45, 7) is 0. The lowest BCUT2D eigenvalue weighted by atomic mass is 10.0. The SMILES string of the molecule is O=C(Cc1cccc2ccccc12)Oc1c[nH]c2ccccc12. The van der Waals surface area contributed by atoms with Crippen LogP contribution in [0.2, 0.25) is 0 Å². The molecule has 0 fully saturated rings. The molecule has 112 valence electrons. The zero-order valence-corrected chi connectivity index (χ0v) is 12.5. The number of hydrogen-bond acceptors (Lipinski definition) is 2. The summed E-state index contributed by atoms with van der Waals surface area (Å²) in [5.74, 6) is 0.317. The van der Waals surface area contributed by atoms with E-state index in [1.807, 2.05) is 66.7 Å². The zero-order chi connectivity index (χ0) is 15.6. The second-order valence-corrected chi connectivity index (χ2v) is 5.49. The molecule has 0 unspecified atom stereocenters. The van der Waals surface area contributed by atoms with Gasteiger partial charge in [-0.25, -0.2) is 0 Å². The fourth-order valence-electron chi connectivity index (χ4n) is 2.89. The van der Waals surface area contributed by atoms with Gasteiger partial charge < -0.3 is 9.72 Å². The van der Waals surface area contributed by atoms with Gasteiger partial charge in [0.25, 0.3) is 0 Å². The molecule has 1 N–H and O–H groups in total. The van der Waals surface area contributed by atoms with E-state index in [0.717, 1.165) is 27.2 Å². The van der Waals surface area contributed by atoms with Crippen LogP contribution in [0, 0.1) is 0 Å². The van der Waals surface area contributed by atoms with Crippen LogP contribution in [-0.4, -0.2) is 11.0 Å². The summed E-state index contributed by atoms with van der Waals surface area (Å²) in [6.07, 6.45) is 1.98. The predicted molar refractivity (Wildman–Crippen MR) is 91.6 cm³/mol. The van der Waals surface area contributed by atoms with Gasteiger partial charge in [0.1, 0.15) is 0 Å². The molecule has 0 bridgehead atoms. The Morgan fingerprint density at radius 2 is 1.61 bits per heavy atom. The van der Waals surface area contributed by atoms with Crippen LogP contribution in [-0.2, 0) is 11.2 Å². The van der Waals surface area contributed by atoms with Gasteiger partial charge in [0.05, 0.1) is 6.42 Å². The number of nitrogens with one attached hydrogen (secondary N) is 1. The van der Waals surface area contributed by atoms with Crippen molar-refractivity contribution in [3.8, 4) is 5.75 Å². The first-order valence-electron chi connectivity index (χ1n) is 7.55. The Kier molecular flexibility index (Phi) is 3.31. The summed E-state index contributed by atoms with van der Waals surface area (Å²) < 4.78 is 5.55. The van der Waals surface area contributed by atoms with E-state index in [-0.39, 0.29) is 12.4 Å². The Bertz CT molecular complexity index is 995. The first-order chi connectivity index (χ1) is 11.3. The van der Waals surface area contributed by atoms with E-state index in [2.05, 4.69) is 4.98 Å². The van der Waals surface area contributed by atoms with Gasteiger partial charge in [-0.1, -0.05) is 54.6 Å². The van der Waals surface area contributed by atoms with Crippen molar-refractivity contribution in [3.63, 3.8) is 0 Å². The number of esters is 1. The molecule has 23 heavy (non-hydrogen) atoms. The van der Waals surface area contributed by atoms with E-state index < -0.39 is 0 Å². The van der Waals surface area contributed by atoms with E-state index in [4.69, 9.17) is 4.74 Å². The van der Waals surface area contributed by atoms with Crippen molar-refractivity contribution in [2.75, 3.05) is 0 Å². The summed E-state index contributed by atoms with van der Waals surface area (Å²) in [7, 11) is 0. The molecule has 1 aromatic heterocycles. The minimum Gasteiger partial charge on any atom is -0.424 e. The third-order valence-corrected chi connectivity index (χ3v) is 3.99. The maximum atomic E-state index is 12.3. The predicted octanol–water partition coefficient (Wildman–Crippen LogP) is 4.47. The topological polar surface area (TPSA) is 42.1 Å². The van der Waals surface area contributed by atoms with Crippen molar-refractivity contribution in [1.82, 2.24) is 4.98 Å². The maximum Gasteiger partial charge on any atom is 0.315 e. The van der Waals surface area contributed by atoms with Gasteiger partial charge in [0.15, 0.2) is 5.75 Å². The van der Waals surface area contributed by atoms with E-state index >= 15 is 0 Å². The van der Waals surface area contributed by atoms with Gasteiger partial charge in [0, 0.05) is 17.1 Å². The molecule has 0 aliphatic rings. The van der Waals surface area contributed by atoms with Crippen LogP contribution in [0.15, 0.2) is 72.9 Å². The van der Waals surface area contributed by atoms with Crippen LogP contribution in [0.25, 0.3) is 21.7 Å². The lowest BCUT2D eigenvalue weighted by Gasteiger charge is -2.06. The highest BCUT2D eigenvalue weighted by molar-refractivity contribution is 5.91. The Hall–Kier alpha value is -3.07. The van der Waals surface area contributed by atoms with E-state index in [9.17, 15) is 4.79 Å². The van der Waals surface area contributed by atoms with Crippen LogP contribution in [0.3, 0.4) is 0 Å². The van der Waals surface area contributed by atoms with Gasteiger partial charge in [-0.15, -0.1) is 0 Å². The monoisotopic (exact) mass is 301 g/mol. The summed E-state index contributed by atoms with van der Waals surface area (Å²) in [5.41, 5.74) is 1.94. The number of aromatic nitrogens is 1. The third kappa shape index (κ3) is 2.57. The van der Waals surface area contributed by atoms with E-state index in [1.54, 1.807) is 6.20 Å². The molecule has 0 spiro atoms. The Balaban J connectivity index is 1.60. The second kappa shape index (κ2) is 5.61. The van der Waals surface area contributed by atoms with Crippen LogP contribution in [0.5, 0.6) is 5.75 Å². The largest absolute Gasteiger partial charge is 0.424 e. The van der Waals surface area contributed by atoms with Crippen LogP contribution >= 0.6 is 0 Å². The van der Waals surface area contributed by atoms with Crippen molar-refractivity contribution in [3.05, 3.63) is 78.5 Å². The molecular weight excluding hydrogens is 286 g/mol. The molecule has 0 aliphatic carbocycles. The summed E-state index contributed by atoms with van der Waals surface area (Å²) >= 11 is 0. The van der Waals surface area contributed by atoms with Crippen molar-refractivity contribution >= 4 is 27.6 Å². The number of carbonyl (C=O) groups is 1. The molecule has 0 atom stereocenters. The van der Waals surface area contributed by atoms with Gasteiger partial charge in [-0.05, 0) is 28.5 Å². The summed E-state index contributed by atoms with van der Waals surface area (Å²) in [5, 5.41) is 3.13. The van der Waals surface area contributed by atoms with E-state index in [0.29, 0.717) is 5.75 Å². The molecule has 1 heterocycles. The van der Waals surface area contributed by atoms with Crippen LogP contribution in [0.4, 0.5) is 0 Å². The zero-order valence-electron chi connectivity index (χ0n) is 12.5. The van der Waals surface area contributed by atoms with Gasteiger partial charge in [0.2, 0.25) is 0 Å². The molecule has 0 aliphatic heterocycles. The molecule has 3 aromatic carbocycles. The fourth-order valence-corrected chi connectivity index (χ4v) is 2.89. The van der Waals surface area contributed by atoms with E-state index in [1.165, 1.54) is 0 Å². The highest BCUT2D eigenvalue weighted by Gasteiger charge is 2.12. The highest BCUT2D eigenvalue weighted by atomic mass is 16.5. The van der Waals surface area contributed by atoms with Crippen molar-refractivity contribution in [1.29, 1.82) is 0 Å². The lowest BCUT2D eigenvalue weighted by molar-refractivity contribution is -0.133. The van der Waals surface area contributed by atoms with Crippen LogP contribution < -0.4 is 4.74 Å². The Morgan fingerprint density at radius 3 is 2.52 bits per heavy atom. The van der Waals surface area contributed by atoms with Crippen molar-refractivity contribution in [2.45, 2.75) is 6.42 Å². The molecule has 3 heteroatoms. The fraction of sp³-hybridized carbons (Fsp3) is 0.0500. The van der Waals surface area contributed by atoms with Crippen LogP contribution in [0.1, 0.15) is 5.56 Å². The average Bonchev–Trinajstić information content (AvgIpc) is 2.98. The average molecular weight is 301 g/mol. The quantitative estimate of drug-likeness (QED) is 0.567. The molecule has 0 amide bonds. The maximum absolute atomic E-state index is 12.3. The number of rotatable bonds is 3. The second-order valence-electron chi connectivity index (χ2n) is 5.49. The number of hydrogen-bond donors (Lipinski definition) is 1. The number of carbonyl (C=O) groups excluding carboxylic acids is 1. The molecule has 0 saturated carbocycles. The van der Waals surface area contributed by atoms with Gasteiger partial charge >= 0.3 is 5.97 Å². The molecule has 3 nitrogen and oxygen atoms in total. The summed E-state index contributed by atoms with van der Waals surface area (Å²) in [4.78, 5) is 15.4. The molecule has 0 saturated heterocycles. The molecule has 4 aromatic rings. The van der Waals surface area contributed by atoms with Crippen molar-refractivity contribution < 1.29 is 9.53 Å².